The molecule has 1 unspecified atom stereocenters. The average molecular weight is 335 g/mol. The van der Waals surface area contributed by atoms with Crippen molar-refractivity contribution in [2.75, 3.05) is 0 Å². The van der Waals surface area contributed by atoms with E-state index in [1.54, 1.807) is 0 Å². The minimum atomic E-state index is -4.56. The Bertz CT molecular complexity index is 681. The molecule has 24 heavy (non-hydrogen) atoms. The van der Waals surface area contributed by atoms with Gasteiger partial charge in [0.25, 0.3) is 5.91 Å². The van der Waals surface area contributed by atoms with Crippen molar-refractivity contribution in [1.29, 1.82) is 0 Å². The fourth-order valence-electron chi connectivity index (χ4n) is 2.60. The molecule has 1 amide bonds. The van der Waals surface area contributed by atoms with Crippen LogP contribution in [0.2, 0.25) is 0 Å². The zero-order chi connectivity index (χ0) is 17.7. The Balaban J connectivity index is 2.29. The molecule has 0 aromatic heterocycles. The summed E-state index contributed by atoms with van der Waals surface area (Å²) in [5, 5.41) is 2.75. The van der Waals surface area contributed by atoms with Gasteiger partial charge in [0.1, 0.15) is 0 Å². The molecule has 5 heteroatoms. The normalized spacial score (nSPS) is 12.9. The van der Waals surface area contributed by atoms with Crippen LogP contribution in [-0.2, 0) is 6.18 Å². The van der Waals surface area contributed by atoms with Crippen molar-refractivity contribution in [2.24, 2.45) is 5.92 Å². The molecule has 2 rings (SSSR count). The Hall–Kier alpha value is -2.30. The van der Waals surface area contributed by atoms with Gasteiger partial charge < -0.3 is 5.32 Å². The second-order valence-corrected chi connectivity index (χ2v) is 6.11. The maximum atomic E-state index is 13.1. The zero-order valence-electron chi connectivity index (χ0n) is 13.6. The van der Waals surface area contributed by atoms with E-state index < -0.39 is 17.6 Å². The van der Waals surface area contributed by atoms with E-state index in [1.807, 2.05) is 44.2 Å². The molecule has 0 heterocycles. The van der Waals surface area contributed by atoms with Crippen LogP contribution >= 0.6 is 0 Å². The molecule has 0 bridgehead atoms. The summed E-state index contributed by atoms with van der Waals surface area (Å²) in [6.45, 7) is 4.01. The Morgan fingerprint density at radius 2 is 1.58 bits per heavy atom. The molecule has 0 aliphatic carbocycles. The van der Waals surface area contributed by atoms with Gasteiger partial charge >= 0.3 is 6.18 Å². The summed E-state index contributed by atoms with van der Waals surface area (Å²) >= 11 is 0. The highest BCUT2D eigenvalue weighted by molar-refractivity contribution is 5.96. The summed E-state index contributed by atoms with van der Waals surface area (Å²) in [5.74, 6) is -0.425. The second-order valence-electron chi connectivity index (χ2n) is 6.11. The summed E-state index contributed by atoms with van der Waals surface area (Å²) in [4.78, 5) is 12.5. The van der Waals surface area contributed by atoms with E-state index in [2.05, 4.69) is 5.32 Å². The van der Waals surface area contributed by atoms with Gasteiger partial charge in [-0.1, -0.05) is 56.3 Å². The van der Waals surface area contributed by atoms with Gasteiger partial charge in [0.05, 0.1) is 17.2 Å². The molecule has 1 N–H and O–H groups in total. The number of hydrogen-bond acceptors (Lipinski definition) is 1. The predicted octanol–water partition coefficient (Wildman–Crippen LogP) is 5.22. The molecule has 0 radical (unpaired) electrons. The third kappa shape index (κ3) is 4.60. The number of hydrogen-bond donors (Lipinski definition) is 1. The highest BCUT2D eigenvalue weighted by Gasteiger charge is 2.35. The van der Waals surface area contributed by atoms with Gasteiger partial charge in [-0.2, -0.15) is 13.2 Å². The minimum absolute atomic E-state index is 0.286. The van der Waals surface area contributed by atoms with E-state index in [9.17, 15) is 18.0 Å². The average Bonchev–Trinajstić information content (AvgIpc) is 2.54. The first-order chi connectivity index (χ1) is 11.3. The molecule has 128 valence electrons. The van der Waals surface area contributed by atoms with Crippen molar-refractivity contribution < 1.29 is 18.0 Å². The fraction of sp³-hybridized carbons (Fsp3) is 0.316. The van der Waals surface area contributed by atoms with Crippen molar-refractivity contribution in [2.45, 2.75) is 32.5 Å². The van der Waals surface area contributed by atoms with Crippen LogP contribution in [0, 0.1) is 5.92 Å². The lowest BCUT2D eigenvalue weighted by Gasteiger charge is -2.22. The van der Waals surface area contributed by atoms with Crippen LogP contribution in [0.3, 0.4) is 0 Å². The van der Waals surface area contributed by atoms with Crippen molar-refractivity contribution in [3.05, 3.63) is 71.3 Å². The first-order valence-electron chi connectivity index (χ1n) is 7.81. The van der Waals surface area contributed by atoms with Crippen LogP contribution in [0.25, 0.3) is 0 Å². The van der Waals surface area contributed by atoms with E-state index in [0.29, 0.717) is 6.42 Å². The van der Waals surface area contributed by atoms with E-state index in [1.165, 1.54) is 18.2 Å². The maximum Gasteiger partial charge on any atom is 0.417 e. The number of amides is 1. The minimum Gasteiger partial charge on any atom is -0.345 e. The molecule has 2 aromatic carbocycles. The predicted molar refractivity (Wildman–Crippen MR) is 87.5 cm³/mol. The van der Waals surface area contributed by atoms with E-state index in [4.69, 9.17) is 0 Å². The Morgan fingerprint density at radius 3 is 2.17 bits per heavy atom. The van der Waals surface area contributed by atoms with Crippen LogP contribution in [0.15, 0.2) is 54.6 Å². The van der Waals surface area contributed by atoms with Gasteiger partial charge in [0.15, 0.2) is 0 Å². The fourth-order valence-corrected chi connectivity index (χ4v) is 2.60. The molecule has 0 spiro atoms. The smallest absolute Gasteiger partial charge is 0.345 e. The van der Waals surface area contributed by atoms with E-state index >= 15 is 0 Å². The summed E-state index contributed by atoms with van der Waals surface area (Å²) < 4.78 is 39.3. The highest BCUT2D eigenvalue weighted by Crippen LogP contribution is 2.32. The van der Waals surface area contributed by atoms with Crippen LogP contribution in [-0.4, -0.2) is 5.91 Å². The topological polar surface area (TPSA) is 29.1 Å². The third-order valence-corrected chi connectivity index (χ3v) is 3.69. The molecule has 2 nitrogen and oxygen atoms in total. The first kappa shape index (κ1) is 18.0. The van der Waals surface area contributed by atoms with Gasteiger partial charge in [-0.15, -0.1) is 0 Å². The lowest BCUT2D eigenvalue weighted by molar-refractivity contribution is -0.137. The number of carbonyl (C=O) groups is 1. The van der Waals surface area contributed by atoms with Crippen LogP contribution in [0.1, 0.15) is 47.8 Å². The summed E-state index contributed by atoms with van der Waals surface area (Å²) in [7, 11) is 0. The van der Waals surface area contributed by atoms with Gasteiger partial charge in [-0.3, -0.25) is 4.79 Å². The van der Waals surface area contributed by atoms with E-state index in [-0.39, 0.29) is 17.5 Å². The monoisotopic (exact) mass is 335 g/mol. The van der Waals surface area contributed by atoms with E-state index in [0.717, 1.165) is 11.6 Å². The number of alkyl halides is 3. The largest absolute Gasteiger partial charge is 0.417 e. The quantitative estimate of drug-likeness (QED) is 0.797. The number of carbonyl (C=O) groups excluding carboxylic acids is 1. The lowest BCUT2D eigenvalue weighted by Crippen LogP contribution is -2.31. The SMILES string of the molecule is CC(C)CC(NC(=O)c1ccccc1C(F)(F)F)c1ccccc1. The third-order valence-electron chi connectivity index (χ3n) is 3.69. The molecule has 0 saturated heterocycles. The van der Waals surface area contributed by atoms with Crippen molar-refractivity contribution in [1.82, 2.24) is 5.32 Å². The van der Waals surface area contributed by atoms with Gasteiger partial charge in [-0.05, 0) is 30.0 Å². The molecule has 0 aliphatic rings. The molecular formula is C19H20F3NO. The van der Waals surface area contributed by atoms with Gasteiger partial charge in [0, 0.05) is 0 Å². The van der Waals surface area contributed by atoms with Crippen molar-refractivity contribution in [3.63, 3.8) is 0 Å². The second kappa shape index (κ2) is 7.51. The molecule has 0 saturated carbocycles. The highest BCUT2D eigenvalue weighted by atomic mass is 19.4. The molecular weight excluding hydrogens is 315 g/mol. The van der Waals surface area contributed by atoms with Gasteiger partial charge in [0.2, 0.25) is 0 Å². The Morgan fingerprint density at radius 1 is 1.00 bits per heavy atom. The summed E-state index contributed by atoms with van der Waals surface area (Å²) in [6.07, 6.45) is -3.92. The Kier molecular flexibility index (Phi) is 5.65. The van der Waals surface area contributed by atoms with Crippen LogP contribution in [0.5, 0.6) is 0 Å². The van der Waals surface area contributed by atoms with Crippen molar-refractivity contribution >= 4 is 5.91 Å². The van der Waals surface area contributed by atoms with Crippen LogP contribution < -0.4 is 5.32 Å². The lowest BCUT2D eigenvalue weighted by atomic mass is 9.96. The number of benzene rings is 2. The zero-order valence-corrected chi connectivity index (χ0v) is 13.6. The number of nitrogens with one attached hydrogen (secondary N) is 1. The number of halogens is 3. The summed E-state index contributed by atoms with van der Waals surface area (Å²) in [6, 6.07) is 13.8. The first-order valence-corrected chi connectivity index (χ1v) is 7.81. The molecule has 0 fully saturated rings. The van der Waals surface area contributed by atoms with Crippen molar-refractivity contribution in [3.8, 4) is 0 Å². The molecule has 1 atom stereocenters. The molecule has 2 aromatic rings. The summed E-state index contributed by atoms with van der Waals surface area (Å²) in [5.41, 5.74) is -0.391. The Labute approximate surface area is 139 Å². The standard InChI is InChI=1S/C19H20F3NO/c1-13(2)12-17(14-8-4-3-5-9-14)23-18(24)15-10-6-7-11-16(15)19(20,21)22/h3-11,13,17H,12H2,1-2H3,(H,23,24). The molecule has 0 aliphatic heterocycles. The van der Waals surface area contributed by atoms with Gasteiger partial charge in [-0.25, -0.2) is 0 Å². The van der Waals surface area contributed by atoms with Crippen LogP contribution in [0.4, 0.5) is 13.2 Å². The maximum absolute atomic E-state index is 13.1. The number of rotatable bonds is 5.